The lowest BCUT2D eigenvalue weighted by Crippen LogP contribution is -2.34. The number of rotatable bonds is 3. The molecule has 3 nitrogen and oxygen atoms in total. The summed E-state index contributed by atoms with van der Waals surface area (Å²) < 4.78 is 0. The molecule has 0 aliphatic carbocycles. The molecule has 4 heteroatoms. The lowest BCUT2D eigenvalue weighted by molar-refractivity contribution is 1.34. The fraction of sp³-hybridized carbons (Fsp3) is 0.0625. The van der Waals surface area contributed by atoms with Crippen LogP contribution < -0.4 is 16.3 Å². The number of hydrogen-bond acceptors (Lipinski definition) is 3. The Morgan fingerprint density at radius 2 is 0.950 bits per heavy atom. The van der Waals surface area contributed by atoms with E-state index in [4.69, 9.17) is 0 Å². The number of pyridine rings is 3. The van der Waals surface area contributed by atoms with Gasteiger partial charge in [-0.05, 0) is 18.2 Å². The number of hydrogen-bond donors (Lipinski definition) is 0. The smallest absolute Gasteiger partial charge is 0.196 e. The first-order valence-corrected chi connectivity index (χ1v) is 8.67. The highest BCUT2D eigenvalue weighted by molar-refractivity contribution is 7.94. The quantitative estimate of drug-likeness (QED) is 0.687. The van der Waals surface area contributed by atoms with Gasteiger partial charge in [0.15, 0.2) is 23.6 Å². The molecule has 0 bridgehead atoms. The Kier molecular flexibility index (Phi) is 3.53. The molecule has 0 unspecified atom stereocenters. The Bertz CT molecular complexity index is 575. The van der Waals surface area contributed by atoms with Crippen molar-refractivity contribution in [3.8, 4) is 0 Å². The topological polar surface area (TPSA) is 38.7 Å². The molecular formula is C16H15N3P+. The number of aromatic nitrogens is 3. The molecule has 3 aromatic heterocycles. The third-order valence-electron chi connectivity index (χ3n) is 3.32. The third kappa shape index (κ3) is 2.21. The van der Waals surface area contributed by atoms with Gasteiger partial charge in [0, 0.05) is 36.8 Å². The first kappa shape index (κ1) is 12.9. The van der Waals surface area contributed by atoms with E-state index in [1.54, 1.807) is 0 Å². The average Bonchev–Trinajstić information content (AvgIpc) is 2.56. The van der Waals surface area contributed by atoms with Crippen molar-refractivity contribution in [1.82, 2.24) is 15.0 Å². The molecule has 0 atom stereocenters. The zero-order valence-electron chi connectivity index (χ0n) is 11.2. The Labute approximate surface area is 119 Å². The highest BCUT2D eigenvalue weighted by Gasteiger charge is 2.44. The molecule has 3 rings (SSSR count). The van der Waals surface area contributed by atoms with Crippen molar-refractivity contribution in [3.63, 3.8) is 0 Å². The monoisotopic (exact) mass is 280 g/mol. The molecule has 0 aliphatic heterocycles. The van der Waals surface area contributed by atoms with E-state index in [-0.39, 0.29) is 0 Å². The summed E-state index contributed by atoms with van der Waals surface area (Å²) in [5, 5.41) is 0. The fourth-order valence-corrected chi connectivity index (χ4v) is 4.96. The van der Waals surface area contributed by atoms with E-state index in [0.717, 1.165) is 16.3 Å². The van der Waals surface area contributed by atoms with Crippen LogP contribution >= 0.6 is 7.26 Å². The molecule has 0 radical (unpaired) electrons. The molecule has 0 spiro atoms. The first-order valence-electron chi connectivity index (χ1n) is 6.43. The van der Waals surface area contributed by atoms with Gasteiger partial charge in [0.05, 0.1) is 6.66 Å². The lowest BCUT2D eigenvalue weighted by atomic mass is 10.5. The molecule has 0 saturated heterocycles. The Hall–Kier alpha value is -2.12. The SMILES string of the molecule is C[P+](c1ccccn1)(c1ccccn1)c1ccccn1. The molecule has 3 aromatic rings. The molecule has 0 aromatic carbocycles. The van der Waals surface area contributed by atoms with Crippen LogP contribution in [0.4, 0.5) is 0 Å². The van der Waals surface area contributed by atoms with E-state index in [2.05, 4.69) is 39.8 Å². The second-order valence-corrected chi connectivity index (χ2v) is 7.96. The van der Waals surface area contributed by atoms with Gasteiger partial charge >= 0.3 is 0 Å². The highest BCUT2D eigenvalue weighted by atomic mass is 31.2. The molecular weight excluding hydrogens is 265 g/mol. The van der Waals surface area contributed by atoms with Crippen molar-refractivity contribution in [2.75, 3.05) is 6.66 Å². The molecule has 20 heavy (non-hydrogen) atoms. The predicted octanol–water partition coefficient (Wildman–Crippen LogP) is 1.80. The van der Waals surface area contributed by atoms with Crippen molar-refractivity contribution in [2.45, 2.75) is 0 Å². The molecule has 0 fully saturated rings. The summed E-state index contributed by atoms with van der Waals surface area (Å²) in [5.41, 5.74) is 3.16. The van der Waals surface area contributed by atoms with Gasteiger partial charge in [0.2, 0.25) is 0 Å². The van der Waals surface area contributed by atoms with E-state index >= 15 is 0 Å². The van der Waals surface area contributed by atoms with Crippen LogP contribution in [0.3, 0.4) is 0 Å². The molecule has 3 heterocycles. The van der Waals surface area contributed by atoms with Crippen LogP contribution in [0.5, 0.6) is 0 Å². The minimum Gasteiger partial charge on any atom is -0.222 e. The summed E-state index contributed by atoms with van der Waals surface area (Å²) in [6, 6.07) is 18.1. The molecule has 0 aliphatic rings. The van der Waals surface area contributed by atoms with E-state index in [1.165, 1.54) is 0 Å². The Balaban J connectivity index is 2.24. The zero-order valence-corrected chi connectivity index (χ0v) is 12.1. The average molecular weight is 280 g/mol. The summed E-state index contributed by atoms with van der Waals surface area (Å²) in [6.45, 7) is 2.22. The Morgan fingerprint density at radius 1 is 0.600 bits per heavy atom. The van der Waals surface area contributed by atoms with Crippen molar-refractivity contribution >= 4 is 23.6 Å². The van der Waals surface area contributed by atoms with Gasteiger partial charge in [-0.15, -0.1) is 0 Å². The van der Waals surface area contributed by atoms with Crippen LogP contribution in [0.2, 0.25) is 0 Å². The van der Waals surface area contributed by atoms with E-state index < -0.39 is 7.26 Å². The predicted molar refractivity (Wildman–Crippen MR) is 84.5 cm³/mol. The van der Waals surface area contributed by atoms with Crippen LogP contribution in [-0.2, 0) is 0 Å². The second-order valence-electron chi connectivity index (χ2n) is 4.57. The zero-order chi connectivity index (χ0) is 13.8. The minimum atomic E-state index is -1.86. The maximum absolute atomic E-state index is 4.57. The van der Waals surface area contributed by atoms with Crippen molar-refractivity contribution < 1.29 is 0 Å². The van der Waals surface area contributed by atoms with E-state index in [1.807, 2.05) is 55.0 Å². The Morgan fingerprint density at radius 3 is 1.20 bits per heavy atom. The highest BCUT2D eigenvalue weighted by Crippen LogP contribution is 2.49. The molecule has 0 amide bonds. The first-order chi connectivity index (χ1) is 9.82. The van der Waals surface area contributed by atoms with Gasteiger partial charge in [-0.2, -0.15) is 0 Å². The fourth-order valence-electron chi connectivity index (χ4n) is 2.21. The molecule has 0 N–H and O–H groups in total. The third-order valence-corrected chi connectivity index (χ3v) is 6.87. The normalized spacial score (nSPS) is 11.2. The van der Waals surface area contributed by atoms with Gasteiger partial charge in [0.25, 0.3) is 0 Å². The summed E-state index contributed by atoms with van der Waals surface area (Å²) in [4.78, 5) is 13.7. The van der Waals surface area contributed by atoms with Gasteiger partial charge < -0.3 is 0 Å². The van der Waals surface area contributed by atoms with Gasteiger partial charge in [-0.1, -0.05) is 18.2 Å². The summed E-state index contributed by atoms with van der Waals surface area (Å²) >= 11 is 0. The van der Waals surface area contributed by atoms with E-state index in [9.17, 15) is 0 Å². The van der Waals surface area contributed by atoms with Gasteiger partial charge in [-0.25, -0.2) is 15.0 Å². The van der Waals surface area contributed by atoms with Gasteiger partial charge in [0.1, 0.15) is 0 Å². The standard InChI is InChI=1S/C16H15N3P/c1-20(14-8-2-5-11-17-14,15-9-3-6-12-18-15)16-10-4-7-13-19-16/h2-13H,1H3/q+1. The van der Waals surface area contributed by atoms with Crippen molar-refractivity contribution in [2.24, 2.45) is 0 Å². The maximum atomic E-state index is 4.57. The van der Waals surface area contributed by atoms with Crippen LogP contribution in [0.1, 0.15) is 0 Å². The van der Waals surface area contributed by atoms with Crippen molar-refractivity contribution in [3.05, 3.63) is 73.2 Å². The molecule has 98 valence electrons. The van der Waals surface area contributed by atoms with Crippen molar-refractivity contribution in [1.29, 1.82) is 0 Å². The minimum absolute atomic E-state index is 1.05. The lowest BCUT2D eigenvalue weighted by Gasteiger charge is -2.19. The van der Waals surface area contributed by atoms with Crippen LogP contribution in [0.25, 0.3) is 0 Å². The summed E-state index contributed by atoms with van der Waals surface area (Å²) in [7, 11) is -1.86. The maximum Gasteiger partial charge on any atom is 0.196 e. The molecule has 0 saturated carbocycles. The van der Waals surface area contributed by atoms with Crippen LogP contribution in [-0.4, -0.2) is 21.6 Å². The second kappa shape index (κ2) is 5.48. The number of nitrogens with zero attached hydrogens (tertiary/aromatic N) is 3. The summed E-state index contributed by atoms with van der Waals surface area (Å²) in [6.07, 6.45) is 5.50. The van der Waals surface area contributed by atoms with Gasteiger partial charge in [-0.3, -0.25) is 0 Å². The van der Waals surface area contributed by atoms with Crippen LogP contribution in [0, 0.1) is 0 Å². The van der Waals surface area contributed by atoms with E-state index in [0.29, 0.717) is 0 Å². The van der Waals surface area contributed by atoms with Crippen LogP contribution in [0.15, 0.2) is 73.2 Å². The summed E-state index contributed by atoms with van der Waals surface area (Å²) in [5.74, 6) is 0. The largest absolute Gasteiger partial charge is 0.222 e.